The standard InChI is InChI=1S/C21H24FNO4/c1-21(2,3)27-20(26)23-18(13-19(24)25)11-14-7-9-15(10-8-14)16-5-4-6-17(22)12-16/h4-10,12,18H,11,13H2,1-3H3,(H,23,26)(H,24,25). The van der Waals surface area contributed by atoms with Crippen molar-refractivity contribution in [2.75, 3.05) is 0 Å². The number of hydrogen-bond acceptors (Lipinski definition) is 3. The van der Waals surface area contributed by atoms with Gasteiger partial charge in [0, 0.05) is 6.04 Å². The van der Waals surface area contributed by atoms with Gasteiger partial charge in [0.05, 0.1) is 6.42 Å². The van der Waals surface area contributed by atoms with E-state index >= 15 is 0 Å². The largest absolute Gasteiger partial charge is 0.481 e. The predicted molar refractivity (Wildman–Crippen MR) is 101 cm³/mol. The molecule has 0 aliphatic heterocycles. The van der Waals surface area contributed by atoms with Gasteiger partial charge >= 0.3 is 12.1 Å². The Morgan fingerprint density at radius 1 is 1.11 bits per heavy atom. The SMILES string of the molecule is CC(C)(C)OC(=O)NC(CC(=O)O)Cc1ccc(-c2cccc(F)c2)cc1. The second-order valence-electron chi connectivity index (χ2n) is 7.35. The van der Waals surface area contributed by atoms with Gasteiger partial charge in [-0.2, -0.15) is 0 Å². The molecule has 0 aliphatic carbocycles. The molecule has 0 bridgehead atoms. The summed E-state index contributed by atoms with van der Waals surface area (Å²) >= 11 is 0. The van der Waals surface area contributed by atoms with Crippen molar-refractivity contribution in [1.82, 2.24) is 5.32 Å². The fourth-order valence-electron chi connectivity index (χ4n) is 2.65. The molecule has 144 valence electrons. The molecule has 0 saturated heterocycles. The molecule has 0 aromatic heterocycles. The Labute approximate surface area is 158 Å². The summed E-state index contributed by atoms with van der Waals surface area (Å²) in [5.41, 5.74) is 1.81. The van der Waals surface area contributed by atoms with Crippen LogP contribution in [0.1, 0.15) is 32.8 Å². The molecule has 6 heteroatoms. The Morgan fingerprint density at radius 2 is 1.78 bits per heavy atom. The number of carbonyl (C=O) groups is 2. The molecule has 0 aliphatic rings. The van der Waals surface area contributed by atoms with Crippen LogP contribution in [0.2, 0.25) is 0 Å². The highest BCUT2D eigenvalue weighted by molar-refractivity contribution is 5.71. The van der Waals surface area contributed by atoms with E-state index in [1.54, 1.807) is 26.8 Å². The first-order valence-electron chi connectivity index (χ1n) is 8.68. The van der Waals surface area contributed by atoms with E-state index in [4.69, 9.17) is 9.84 Å². The molecule has 0 saturated carbocycles. The predicted octanol–water partition coefficient (Wildman–Crippen LogP) is 4.40. The summed E-state index contributed by atoms with van der Waals surface area (Å²) in [5.74, 6) is -1.31. The topological polar surface area (TPSA) is 75.6 Å². The zero-order chi connectivity index (χ0) is 20.0. The van der Waals surface area contributed by atoms with E-state index in [-0.39, 0.29) is 12.2 Å². The molecular weight excluding hydrogens is 349 g/mol. The minimum Gasteiger partial charge on any atom is -0.481 e. The van der Waals surface area contributed by atoms with Crippen molar-refractivity contribution < 1.29 is 23.8 Å². The Hall–Kier alpha value is -2.89. The van der Waals surface area contributed by atoms with E-state index in [1.165, 1.54) is 12.1 Å². The van der Waals surface area contributed by atoms with Crippen molar-refractivity contribution in [2.45, 2.75) is 45.3 Å². The molecular formula is C21H24FNO4. The van der Waals surface area contributed by atoms with Crippen LogP contribution < -0.4 is 5.32 Å². The Kier molecular flexibility index (Phi) is 6.55. The molecule has 0 radical (unpaired) electrons. The first-order valence-corrected chi connectivity index (χ1v) is 8.68. The highest BCUT2D eigenvalue weighted by Crippen LogP contribution is 2.21. The number of benzene rings is 2. The normalized spacial score (nSPS) is 12.3. The number of ether oxygens (including phenoxy) is 1. The average molecular weight is 373 g/mol. The number of nitrogens with one attached hydrogen (secondary N) is 1. The van der Waals surface area contributed by atoms with Crippen molar-refractivity contribution in [3.63, 3.8) is 0 Å². The fourth-order valence-corrected chi connectivity index (χ4v) is 2.65. The second-order valence-corrected chi connectivity index (χ2v) is 7.35. The first-order chi connectivity index (χ1) is 12.6. The highest BCUT2D eigenvalue weighted by atomic mass is 19.1. The van der Waals surface area contributed by atoms with Gasteiger partial charge in [-0.05, 0) is 56.0 Å². The average Bonchev–Trinajstić information content (AvgIpc) is 2.53. The highest BCUT2D eigenvalue weighted by Gasteiger charge is 2.21. The molecule has 0 fully saturated rings. The maximum Gasteiger partial charge on any atom is 0.407 e. The third-order valence-corrected chi connectivity index (χ3v) is 3.74. The summed E-state index contributed by atoms with van der Waals surface area (Å²) in [7, 11) is 0. The zero-order valence-corrected chi connectivity index (χ0v) is 15.7. The van der Waals surface area contributed by atoms with Gasteiger partial charge in [-0.15, -0.1) is 0 Å². The Morgan fingerprint density at radius 3 is 2.33 bits per heavy atom. The quantitative estimate of drug-likeness (QED) is 0.787. The van der Waals surface area contributed by atoms with Gasteiger partial charge in [0.25, 0.3) is 0 Å². The summed E-state index contributed by atoms with van der Waals surface area (Å²) < 4.78 is 18.6. The van der Waals surface area contributed by atoms with E-state index < -0.39 is 23.7 Å². The van der Waals surface area contributed by atoms with Gasteiger partial charge in [0.2, 0.25) is 0 Å². The molecule has 0 heterocycles. The summed E-state index contributed by atoms with van der Waals surface area (Å²) in [6.07, 6.45) is -0.523. The lowest BCUT2D eigenvalue weighted by Crippen LogP contribution is -2.41. The van der Waals surface area contributed by atoms with E-state index in [2.05, 4.69) is 5.32 Å². The van der Waals surface area contributed by atoms with Crippen LogP contribution in [0.5, 0.6) is 0 Å². The maximum atomic E-state index is 13.4. The molecule has 1 unspecified atom stereocenters. The van der Waals surface area contributed by atoms with Crippen LogP contribution >= 0.6 is 0 Å². The van der Waals surface area contributed by atoms with Crippen LogP contribution in [0.15, 0.2) is 48.5 Å². The van der Waals surface area contributed by atoms with Gasteiger partial charge < -0.3 is 15.2 Å². The molecule has 27 heavy (non-hydrogen) atoms. The van der Waals surface area contributed by atoms with Crippen LogP contribution in [0.4, 0.5) is 9.18 Å². The Balaban J connectivity index is 2.08. The molecule has 2 aromatic rings. The van der Waals surface area contributed by atoms with Gasteiger partial charge in [0.1, 0.15) is 11.4 Å². The van der Waals surface area contributed by atoms with Crippen LogP contribution in [0, 0.1) is 5.82 Å². The molecule has 5 nitrogen and oxygen atoms in total. The van der Waals surface area contributed by atoms with Crippen molar-refractivity contribution >= 4 is 12.1 Å². The van der Waals surface area contributed by atoms with Crippen LogP contribution in [-0.4, -0.2) is 28.8 Å². The molecule has 2 rings (SSSR count). The lowest BCUT2D eigenvalue weighted by atomic mass is 9.99. The molecule has 2 N–H and O–H groups in total. The molecule has 1 amide bonds. The monoisotopic (exact) mass is 373 g/mol. The van der Waals surface area contributed by atoms with Crippen molar-refractivity contribution in [3.8, 4) is 11.1 Å². The third-order valence-electron chi connectivity index (χ3n) is 3.74. The van der Waals surface area contributed by atoms with E-state index in [0.717, 1.165) is 16.7 Å². The summed E-state index contributed by atoms with van der Waals surface area (Å²) in [5, 5.41) is 11.7. The van der Waals surface area contributed by atoms with Crippen LogP contribution in [0.3, 0.4) is 0 Å². The van der Waals surface area contributed by atoms with Crippen molar-refractivity contribution in [2.24, 2.45) is 0 Å². The summed E-state index contributed by atoms with van der Waals surface area (Å²) in [6.45, 7) is 5.22. The number of amides is 1. The number of rotatable bonds is 6. The van der Waals surface area contributed by atoms with Crippen molar-refractivity contribution in [3.05, 3.63) is 59.9 Å². The summed E-state index contributed by atoms with van der Waals surface area (Å²) in [6, 6.07) is 13.1. The smallest absolute Gasteiger partial charge is 0.407 e. The minimum atomic E-state index is -1.01. The number of carboxylic acids is 1. The number of carboxylic acid groups (broad SMARTS) is 1. The van der Waals surface area contributed by atoms with Crippen molar-refractivity contribution in [1.29, 1.82) is 0 Å². The number of aliphatic carboxylic acids is 1. The van der Waals surface area contributed by atoms with Gasteiger partial charge in [-0.25, -0.2) is 9.18 Å². The fraction of sp³-hybridized carbons (Fsp3) is 0.333. The molecule has 1 atom stereocenters. The van der Waals surface area contributed by atoms with Crippen LogP contribution in [-0.2, 0) is 16.0 Å². The number of hydrogen-bond donors (Lipinski definition) is 2. The maximum absolute atomic E-state index is 13.4. The number of halogens is 1. The third kappa shape index (κ3) is 7.09. The van der Waals surface area contributed by atoms with Gasteiger partial charge in [-0.1, -0.05) is 36.4 Å². The van der Waals surface area contributed by atoms with Crippen LogP contribution in [0.25, 0.3) is 11.1 Å². The van der Waals surface area contributed by atoms with E-state index in [1.807, 2.05) is 30.3 Å². The minimum absolute atomic E-state index is 0.217. The van der Waals surface area contributed by atoms with Gasteiger partial charge in [0.15, 0.2) is 0 Å². The lowest BCUT2D eigenvalue weighted by Gasteiger charge is -2.23. The Bertz CT molecular complexity index is 797. The zero-order valence-electron chi connectivity index (χ0n) is 15.7. The molecule has 0 spiro atoms. The number of carbonyl (C=O) groups excluding carboxylic acids is 1. The van der Waals surface area contributed by atoms with E-state index in [0.29, 0.717) is 6.42 Å². The lowest BCUT2D eigenvalue weighted by molar-refractivity contribution is -0.137. The second kappa shape index (κ2) is 8.66. The summed E-state index contributed by atoms with van der Waals surface area (Å²) in [4.78, 5) is 23.1. The van der Waals surface area contributed by atoms with Gasteiger partial charge in [-0.3, -0.25) is 4.79 Å². The van der Waals surface area contributed by atoms with E-state index in [9.17, 15) is 14.0 Å². The molecule has 2 aromatic carbocycles. The number of alkyl carbamates (subject to hydrolysis) is 1. The first kappa shape index (κ1) is 20.4.